The minimum absolute atomic E-state index is 0.00152. The van der Waals surface area contributed by atoms with Crippen molar-refractivity contribution in [1.82, 2.24) is 14.5 Å². The van der Waals surface area contributed by atoms with Crippen molar-refractivity contribution in [1.29, 1.82) is 0 Å². The zero-order valence-corrected chi connectivity index (χ0v) is 22.0. The molecule has 2 aromatic carbocycles. The van der Waals surface area contributed by atoms with E-state index < -0.39 is 42.4 Å². The van der Waals surface area contributed by atoms with E-state index in [0.29, 0.717) is 38.4 Å². The third-order valence-corrected chi connectivity index (χ3v) is 7.10. The molecule has 1 saturated heterocycles. The molecule has 39 heavy (non-hydrogen) atoms. The first-order valence-electron chi connectivity index (χ1n) is 13.2. The Kier molecular flexibility index (Phi) is 9.77. The standard InChI is InChI=1S/C29H35F3N4O3/c1-19(37)29(38)36(12-9-23(33)16-30)27(21-10-13-39-14-11-21)28-34-26(24-15-22(31)7-8-25(24)32)18-35(28)17-20-5-3-2-4-6-20/h2-8,15,18-19,21,23,27,37H,9-14,16-17,33H2,1H3/t19-,23-,27+/m0/s1. The molecule has 4 rings (SSSR count). The van der Waals surface area contributed by atoms with Crippen molar-refractivity contribution in [2.45, 2.75) is 50.9 Å². The van der Waals surface area contributed by atoms with Gasteiger partial charge in [-0.15, -0.1) is 0 Å². The van der Waals surface area contributed by atoms with Gasteiger partial charge in [0.1, 0.15) is 30.2 Å². The van der Waals surface area contributed by atoms with E-state index in [9.17, 15) is 23.1 Å². The number of aromatic nitrogens is 2. The Morgan fingerprint density at radius 1 is 1.21 bits per heavy atom. The molecular formula is C29H35F3N4O3. The summed E-state index contributed by atoms with van der Waals surface area (Å²) >= 11 is 0. The Labute approximate surface area is 226 Å². The van der Waals surface area contributed by atoms with Crippen molar-refractivity contribution in [3.8, 4) is 11.3 Å². The Morgan fingerprint density at radius 3 is 2.59 bits per heavy atom. The molecule has 1 aliphatic heterocycles. The van der Waals surface area contributed by atoms with Gasteiger partial charge < -0.3 is 25.0 Å². The quantitative estimate of drug-likeness (QED) is 0.377. The maximum atomic E-state index is 14.8. The second-order valence-electron chi connectivity index (χ2n) is 10.0. The first-order valence-corrected chi connectivity index (χ1v) is 13.2. The lowest BCUT2D eigenvalue weighted by atomic mass is 9.89. The van der Waals surface area contributed by atoms with Gasteiger partial charge in [0.2, 0.25) is 0 Å². The summed E-state index contributed by atoms with van der Waals surface area (Å²) in [4.78, 5) is 19.7. The molecule has 0 saturated carbocycles. The Balaban J connectivity index is 1.87. The number of imidazole rings is 1. The molecule has 0 aliphatic carbocycles. The van der Waals surface area contributed by atoms with Crippen LogP contribution in [0.3, 0.4) is 0 Å². The summed E-state index contributed by atoms with van der Waals surface area (Å²) in [5, 5.41) is 10.3. The van der Waals surface area contributed by atoms with Crippen molar-refractivity contribution >= 4 is 5.91 Å². The molecule has 210 valence electrons. The van der Waals surface area contributed by atoms with Crippen LogP contribution in [0, 0.1) is 17.6 Å². The molecule has 0 unspecified atom stereocenters. The van der Waals surface area contributed by atoms with Gasteiger partial charge in [-0.05, 0) is 55.9 Å². The number of amides is 1. The predicted octanol–water partition coefficient (Wildman–Crippen LogP) is 4.24. The highest BCUT2D eigenvalue weighted by Gasteiger charge is 2.38. The summed E-state index contributed by atoms with van der Waals surface area (Å²) in [7, 11) is 0. The van der Waals surface area contributed by atoms with Gasteiger partial charge in [-0.25, -0.2) is 18.2 Å². The fraction of sp³-hybridized carbons (Fsp3) is 0.448. The van der Waals surface area contributed by atoms with Gasteiger partial charge in [-0.2, -0.15) is 0 Å². The highest BCUT2D eigenvalue weighted by atomic mass is 19.1. The number of carbonyl (C=O) groups excluding carboxylic acids is 1. The van der Waals surface area contributed by atoms with E-state index in [0.717, 1.165) is 23.8 Å². The number of rotatable bonds is 11. The van der Waals surface area contributed by atoms with E-state index in [-0.39, 0.29) is 30.1 Å². The summed E-state index contributed by atoms with van der Waals surface area (Å²) in [6.07, 6.45) is 1.76. The lowest BCUT2D eigenvalue weighted by Gasteiger charge is -2.39. The minimum atomic E-state index is -1.31. The molecule has 10 heteroatoms. The van der Waals surface area contributed by atoms with E-state index in [1.54, 1.807) is 6.20 Å². The summed E-state index contributed by atoms with van der Waals surface area (Å²) < 4.78 is 49.7. The van der Waals surface area contributed by atoms with E-state index in [2.05, 4.69) is 0 Å². The summed E-state index contributed by atoms with van der Waals surface area (Å²) in [6, 6.07) is 11.4. The highest BCUT2D eigenvalue weighted by Crippen LogP contribution is 2.37. The molecule has 1 amide bonds. The molecule has 1 aliphatic rings. The normalized spacial score (nSPS) is 16.6. The van der Waals surface area contributed by atoms with Gasteiger partial charge in [-0.1, -0.05) is 30.3 Å². The van der Waals surface area contributed by atoms with Crippen LogP contribution < -0.4 is 5.73 Å². The molecule has 0 bridgehead atoms. The van der Waals surface area contributed by atoms with Crippen LogP contribution in [0.4, 0.5) is 13.2 Å². The topological polar surface area (TPSA) is 93.6 Å². The van der Waals surface area contributed by atoms with Crippen LogP contribution in [-0.4, -0.2) is 64.0 Å². The molecular weight excluding hydrogens is 509 g/mol. The number of nitrogens with two attached hydrogens (primary N) is 1. The first-order chi connectivity index (χ1) is 18.8. The smallest absolute Gasteiger partial charge is 0.251 e. The fourth-order valence-electron chi connectivity index (χ4n) is 5.04. The number of hydrogen-bond acceptors (Lipinski definition) is 5. The number of aliphatic hydroxyl groups excluding tert-OH is 1. The monoisotopic (exact) mass is 544 g/mol. The van der Waals surface area contributed by atoms with Crippen LogP contribution in [-0.2, 0) is 16.1 Å². The molecule has 0 spiro atoms. The molecule has 3 aromatic rings. The SMILES string of the molecule is C[C@H](O)C(=O)N(CC[C@H](N)CF)[C@@H](c1nc(-c2cc(F)ccc2F)cn1Cc1ccccc1)C1CCOCC1. The summed E-state index contributed by atoms with van der Waals surface area (Å²) in [5.74, 6) is -1.40. The van der Waals surface area contributed by atoms with Crippen molar-refractivity contribution < 1.29 is 27.8 Å². The zero-order valence-electron chi connectivity index (χ0n) is 22.0. The Morgan fingerprint density at radius 2 is 1.92 bits per heavy atom. The van der Waals surface area contributed by atoms with Gasteiger partial charge in [0.25, 0.3) is 5.91 Å². The van der Waals surface area contributed by atoms with Crippen LogP contribution in [0.2, 0.25) is 0 Å². The molecule has 3 N–H and O–H groups in total. The number of aliphatic hydroxyl groups is 1. The minimum Gasteiger partial charge on any atom is -0.384 e. The zero-order chi connectivity index (χ0) is 27.9. The molecule has 0 radical (unpaired) electrons. The summed E-state index contributed by atoms with van der Waals surface area (Å²) in [6.45, 7) is 2.05. The van der Waals surface area contributed by atoms with Crippen LogP contribution in [0.25, 0.3) is 11.3 Å². The van der Waals surface area contributed by atoms with Crippen LogP contribution in [0.1, 0.15) is 43.6 Å². The lowest BCUT2D eigenvalue weighted by Crippen LogP contribution is -2.47. The third kappa shape index (κ3) is 7.06. The van der Waals surface area contributed by atoms with Gasteiger partial charge >= 0.3 is 0 Å². The van der Waals surface area contributed by atoms with Crippen LogP contribution in [0.5, 0.6) is 0 Å². The lowest BCUT2D eigenvalue weighted by molar-refractivity contribution is -0.144. The second kappa shape index (κ2) is 13.2. The molecule has 7 nitrogen and oxygen atoms in total. The van der Waals surface area contributed by atoms with E-state index in [1.165, 1.54) is 11.8 Å². The predicted molar refractivity (Wildman–Crippen MR) is 141 cm³/mol. The number of benzene rings is 2. The average Bonchev–Trinajstić information content (AvgIpc) is 3.35. The second-order valence-corrected chi connectivity index (χ2v) is 10.0. The average molecular weight is 545 g/mol. The van der Waals surface area contributed by atoms with Crippen molar-refractivity contribution in [2.75, 3.05) is 26.4 Å². The molecule has 2 heterocycles. The number of halogens is 3. The Bertz CT molecular complexity index is 1230. The Hall–Kier alpha value is -3.21. The molecule has 1 fully saturated rings. The van der Waals surface area contributed by atoms with Crippen molar-refractivity contribution in [2.24, 2.45) is 11.7 Å². The molecule has 3 atom stereocenters. The van der Waals surface area contributed by atoms with Crippen LogP contribution in [0.15, 0.2) is 54.7 Å². The highest BCUT2D eigenvalue weighted by molar-refractivity contribution is 5.80. The number of ether oxygens (including phenoxy) is 1. The van der Waals surface area contributed by atoms with Gasteiger partial charge in [0, 0.05) is 44.1 Å². The van der Waals surface area contributed by atoms with Gasteiger partial charge in [0.15, 0.2) is 0 Å². The van der Waals surface area contributed by atoms with Gasteiger partial charge in [-0.3, -0.25) is 4.79 Å². The largest absolute Gasteiger partial charge is 0.384 e. The fourth-order valence-corrected chi connectivity index (χ4v) is 5.04. The van der Waals surface area contributed by atoms with E-state index >= 15 is 0 Å². The first kappa shape index (κ1) is 28.8. The summed E-state index contributed by atoms with van der Waals surface area (Å²) in [5.41, 5.74) is 7.03. The van der Waals surface area contributed by atoms with Crippen molar-refractivity contribution in [3.63, 3.8) is 0 Å². The third-order valence-electron chi connectivity index (χ3n) is 7.10. The maximum absolute atomic E-state index is 14.8. The number of nitrogens with zero attached hydrogens (tertiary/aromatic N) is 3. The van der Waals surface area contributed by atoms with Gasteiger partial charge in [0.05, 0.1) is 11.7 Å². The maximum Gasteiger partial charge on any atom is 0.251 e. The number of alkyl halides is 1. The van der Waals surface area contributed by atoms with E-state index in [1.807, 2.05) is 34.9 Å². The van der Waals surface area contributed by atoms with Crippen LogP contribution >= 0.6 is 0 Å². The number of carbonyl (C=O) groups is 1. The molecule has 1 aromatic heterocycles. The van der Waals surface area contributed by atoms with Crippen molar-refractivity contribution in [3.05, 3.63) is 77.8 Å². The number of hydrogen-bond donors (Lipinski definition) is 2. The van der Waals surface area contributed by atoms with E-state index in [4.69, 9.17) is 15.5 Å².